The Hall–Kier alpha value is -1.71. The van der Waals surface area contributed by atoms with Crippen molar-refractivity contribution >= 4 is 17.3 Å². The summed E-state index contributed by atoms with van der Waals surface area (Å²) in [6, 6.07) is 5.89. The zero-order valence-electron chi connectivity index (χ0n) is 10.0. The van der Waals surface area contributed by atoms with Crippen LogP contribution in [-0.4, -0.2) is 18.5 Å². The Labute approximate surface area is 96.2 Å². The molecule has 0 aromatic heterocycles. The summed E-state index contributed by atoms with van der Waals surface area (Å²) in [7, 11) is 0. The molecule has 0 radical (unpaired) electrons. The lowest BCUT2D eigenvalue weighted by Gasteiger charge is -2.29. The van der Waals surface area contributed by atoms with Crippen molar-refractivity contribution in [2.24, 2.45) is 5.73 Å². The molecule has 0 aliphatic rings. The minimum atomic E-state index is -0.337. The topological polar surface area (TPSA) is 72.3 Å². The summed E-state index contributed by atoms with van der Waals surface area (Å²) in [5, 5.41) is 0. The maximum absolute atomic E-state index is 11.0. The van der Waals surface area contributed by atoms with Crippen LogP contribution in [0.3, 0.4) is 0 Å². The first-order chi connectivity index (χ1) is 7.43. The molecular formula is C12H19N3O. The Morgan fingerprint density at radius 2 is 2.06 bits per heavy atom. The quantitative estimate of drug-likeness (QED) is 0.752. The standard InChI is InChI=1S/C12H19N3O/c1-8(2)15(7-12(14)16)11-6-4-5-10(13)9(11)3/h4-6,8H,7,13H2,1-3H3,(H2,14,16). The van der Waals surface area contributed by atoms with Crippen molar-refractivity contribution in [2.45, 2.75) is 26.8 Å². The van der Waals surface area contributed by atoms with Crippen LogP contribution in [0, 0.1) is 6.92 Å². The molecule has 0 bridgehead atoms. The maximum atomic E-state index is 11.0. The summed E-state index contributed by atoms with van der Waals surface area (Å²) < 4.78 is 0. The van der Waals surface area contributed by atoms with Crippen molar-refractivity contribution in [1.29, 1.82) is 0 Å². The Bertz CT molecular complexity index is 388. The molecule has 0 fully saturated rings. The van der Waals surface area contributed by atoms with Gasteiger partial charge in [0.2, 0.25) is 5.91 Å². The molecule has 0 spiro atoms. The average Bonchev–Trinajstić information content (AvgIpc) is 2.18. The number of benzene rings is 1. The number of carbonyl (C=O) groups is 1. The van der Waals surface area contributed by atoms with Crippen LogP contribution in [-0.2, 0) is 4.79 Å². The van der Waals surface area contributed by atoms with E-state index >= 15 is 0 Å². The third-order valence-electron chi connectivity index (χ3n) is 2.61. The largest absolute Gasteiger partial charge is 0.398 e. The van der Waals surface area contributed by atoms with E-state index in [1.807, 2.05) is 43.9 Å². The van der Waals surface area contributed by atoms with Gasteiger partial charge in [-0.25, -0.2) is 0 Å². The normalized spacial score (nSPS) is 10.5. The zero-order chi connectivity index (χ0) is 12.3. The molecule has 0 aliphatic carbocycles. The lowest BCUT2D eigenvalue weighted by Crippen LogP contribution is -2.39. The van der Waals surface area contributed by atoms with Crippen LogP contribution >= 0.6 is 0 Å². The number of anilines is 2. The predicted octanol–water partition coefficient (Wildman–Crippen LogP) is 1.28. The number of nitrogen functional groups attached to an aromatic ring is 1. The molecule has 0 aliphatic heterocycles. The average molecular weight is 221 g/mol. The number of rotatable bonds is 4. The van der Waals surface area contributed by atoms with E-state index in [0.717, 1.165) is 16.9 Å². The Kier molecular flexibility index (Phi) is 3.77. The molecule has 0 unspecified atom stereocenters. The highest BCUT2D eigenvalue weighted by molar-refractivity contribution is 5.80. The molecule has 0 saturated heterocycles. The van der Waals surface area contributed by atoms with Crippen LogP contribution in [0.5, 0.6) is 0 Å². The van der Waals surface area contributed by atoms with E-state index in [-0.39, 0.29) is 18.5 Å². The third kappa shape index (κ3) is 2.66. The van der Waals surface area contributed by atoms with Crippen molar-refractivity contribution < 1.29 is 4.79 Å². The number of carbonyl (C=O) groups excluding carboxylic acids is 1. The molecule has 4 N–H and O–H groups in total. The van der Waals surface area contributed by atoms with E-state index in [4.69, 9.17) is 11.5 Å². The predicted molar refractivity (Wildman–Crippen MR) is 67.3 cm³/mol. The SMILES string of the molecule is Cc1c(N)cccc1N(CC(N)=O)C(C)C. The van der Waals surface area contributed by atoms with E-state index in [0.29, 0.717) is 0 Å². The van der Waals surface area contributed by atoms with Gasteiger partial charge in [-0.3, -0.25) is 4.79 Å². The number of primary amides is 1. The van der Waals surface area contributed by atoms with E-state index < -0.39 is 0 Å². The highest BCUT2D eigenvalue weighted by Crippen LogP contribution is 2.25. The highest BCUT2D eigenvalue weighted by Gasteiger charge is 2.15. The van der Waals surface area contributed by atoms with Crippen LogP contribution in [0.15, 0.2) is 18.2 Å². The van der Waals surface area contributed by atoms with Gasteiger partial charge in [0.05, 0.1) is 6.54 Å². The minimum absolute atomic E-state index is 0.202. The molecule has 1 aromatic carbocycles. The summed E-state index contributed by atoms with van der Waals surface area (Å²) in [5.74, 6) is -0.337. The van der Waals surface area contributed by atoms with E-state index in [9.17, 15) is 4.79 Å². The number of nitrogens with two attached hydrogens (primary N) is 2. The monoisotopic (exact) mass is 221 g/mol. The fourth-order valence-electron chi connectivity index (χ4n) is 1.67. The second kappa shape index (κ2) is 4.88. The molecule has 1 rings (SSSR count). The molecule has 4 heteroatoms. The van der Waals surface area contributed by atoms with Crippen molar-refractivity contribution in [2.75, 3.05) is 17.2 Å². The van der Waals surface area contributed by atoms with Gasteiger partial charge in [0.25, 0.3) is 0 Å². The molecule has 1 amide bonds. The third-order valence-corrected chi connectivity index (χ3v) is 2.61. The Balaban J connectivity index is 3.10. The molecule has 0 saturated carbocycles. The summed E-state index contributed by atoms with van der Waals surface area (Å²) in [6.45, 7) is 6.19. The van der Waals surface area contributed by atoms with Gasteiger partial charge in [-0.1, -0.05) is 6.07 Å². The molecule has 88 valence electrons. The summed E-state index contributed by atoms with van der Waals surface area (Å²) in [4.78, 5) is 13.0. The van der Waals surface area contributed by atoms with Gasteiger partial charge in [0.15, 0.2) is 0 Å². The number of hydrogen-bond acceptors (Lipinski definition) is 3. The van der Waals surface area contributed by atoms with Crippen LogP contribution < -0.4 is 16.4 Å². The highest BCUT2D eigenvalue weighted by atomic mass is 16.1. The summed E-state index contributed by atoms with van der Waals surface area (Å²) in [5.41, 5.74) is 13.8. The van der Waals surface area contributed by atoms with Crippen LogP contribution in [0.2, 0.25) is 0 Å². The molecular weight excluding hydrogens is 202 g/mol. The number of amides is 1. The number of hydrogen-bond donors (Lipinski definition) is 2. The number of nitrogens with zero attached hydrogens (tertiary/aromatic N) is 1. The maximum Gasteiger partial charge on any atom is 0.236 e. The van der Waals surface area contributed by atoms with Crippen LogP contribution in [0.25, 0.3) is 0 Å². The summed E-state index contributed by atoms with van der Waals surface area (Å²) >= 11 is 0. The van der Waals surface area contributed by atoms with Crippen molar-refractivity contribution in [3.8, 4) is 0 Å². The van der Waals surface area contributed by atoms with Crippen LogP contribution in [0.1, 0.15) is 19.4 Å². The fraction of sp³-hybridized carbons (Fsp3) is 0.417. The van der Waals surface area contributed by atoms with Gasteiger partial charge in [0, 0.05) is 17.4 Å². The minimum Gasteiger partial charge on any atom is -0.398 e. The fourth-order valence-corrected chi connectivity index (χ4v) is 1.67. The van der Waals surface area contributed by atoms with Gasteiger partial charge in [-0.15, -0.1) is 0 Å². The molecule has 16 heavy (non-hydrogen) atoms. The van der Waals surface area contributed by atoms with Gasteiger partial charge in [-0.05, 0) is 38.5 Å². The molecule has 4 nitrogen and oxygen atoms in total. The Morgan fingerprint density at radius 3 is 2.56 bits per heavy atom. The first kappa shape index (κ1) is 12.4. The lowest BCUT2D eigenvalue weighted by atomic mass is 10.1. The van der Waals surface area contributed by atoms with E-state index in [2.05, 4.69) is 0 Å². The second-order valence-electron chi connectivity index (χ2n) is 4.18. The van der Waals surface area contributed by atoms with Crippen molar-refractivity contribution in [3.63, 3.8) is 0 Å². The Morgan fingerprint density at radius 1 is 1.44 bits per heavy atom. The smallest absolute Gasteiger partial charge is 0.236 e. The van der Waals surface area contributed by atoms with E-state index in [1.54, 1.807) is 0 Å². The van der Waals surface area contributed by atoms with Gasteiger partial charge in [-0.2, -0.15) is 0 Å². The van der Waals surface area contributed by atoms with Gasteiger partial charge >= 0.3 is 0 Å². The zero-order valence-corrected chi connectivity index (χ0v) is 10.0. The van der Waals surface area contributed by atoms with Crippen molar-refractivity contribution in [3.05, 3.63) is 23.8 Å². The summed E-state index contributed by atoms with van der Waals surface area (Å²) in [6.07, 6.45) is 0. The van der Waals surface area contributed by atoms with Crippen LogP contribution in [0.4, 0.5) is 11.4 Å². The van der Waals surface area contributed by atoms with Gasteiger partial charge in [0.1, 0.15) is 0 Å². The molecule has 0 atom stereocenters. The first-order valence-corrected chi connectivity index (χ1v) is 5.33. The lowest BCUT2D eigenvalue weighted by molar-refractivity contribution is -0.116. The molecule has 0 heterocycles. The van der Waals surface area contributed by atoms with Crippen molar-refractivity contribution in [1.82, 2.24) is 0 Å². The second-order valence-corrected chi connectivity index (χ2v) is 4.18. The first-order valence-electron chi connectivity index (χ1n) is 5.33. The van der Waals surface area contributed by atoms with Gasteiger partial charge < -0.3 is 16.4 Å². The molecule has 1 aromatic rings. The van der Waals surface area contributed by atoms with E-state index in [1.165, 1.54) is 0 Å².